The van der Waals surface area contributed by atoms with Crippen LogP contribution in [-0.2, 0) is 9.84 Å². The molecule has 1 unspecified atom stereocenters. The Hall–Kier alpha value is -1.93. The molecule has 0 saturated carbocycles. The lowest BCUT2D eigenvalue weighted by Gasteiger charge is -2.15. The number of aromatic carboxylic acids is 1. The minimum atomic E-state index is -3.34. The van der Waals surface area contributed by atoms with Crippen molar-refractivity contribution in [1.29, 1.82) is 0 Å². The van der Waals surface area contributed by atoms with E-state index < -0.39 is 15.8 Å². The molecule has 112 valence electrons. The maximum Gasteiger partial charge on any atom is 0.355 e. The van der Waals surface area contributed by atoms with Crippen LogP contribution in [0.3, 0.4) is 0 Å². The number of para-hydroxylation sites is 1. The minimum Gasteiger partial charge on any atom is -0.476 e. The van der Waals surface area contributed by atoms with E-state index in [1.807, 2.05) is 0 Å². The first-order valence-corrected chi connectivity index (χ1v) is 8.80. The molecule has 0 amide bonds. The molecular weight excluding hydrogens is 312 g/mol. The van der Waals surface area contributed by atoms with Gasteiger partial charge in [0.1, 0.15) is 5.01 Å². The van der Waals surface area contributed by atoms with Gasteiger partial charge in [0.05, 0.1) is 16.6 Å². The number of rotatable bonds is 5. The molecule has 1 aromatic heterocycles. The highest BCUT2D eigenvalue weighted by atomic mass is 32.2. The van der Waals surface area contributed by atoms with Gasteiger partial charge < -0.3 is 10.4 Å². The Morgan fingerprint density at radius 1 is 1.38 bits per heavy atom. The SMILES string of the molecule is CC(Nc1ccccc1S(C)(=O)=O)c1nc(C(=O)O)cs1. The van der Waals surface area contributed by atoms with Gasteiger partial charge in [0.15, 0.2) is 15.5 Å². The maximum absolute atomic E-state index is 11.7. The summed E-state index contributed by atoms with van der Waals surface area (Å²) in [5, 5.41) is 14.0. The number of nitrogens with zero attached hydrogens (tertiary/aromatic N) is 1. The van der Waals surface area contributed by atoms with Gasteiger partial charge in [0.2, 0.25) is 0 Å². The second-order valence-electron chi connectivity index (χ2n) is 4.51. The van der Waals surface area contributed by atoms with Crippen molar-refractivity contribution >= 4 is 32.8 Å². The van der Waals surface area contributed by atoms with Crippen molar-refractivity contribution < 1.29 is 18.3 Å². The fourth-order valence-electron chi connectivity index (χ4n) is 1.79. The molecule has 6 nitrogen and oxygen atoms in total. The third-order valence-corrected chi connectivity index (χ3v) is 4.95. The van der Waals surface area contributed by atoms with Gasteiger partial charge in [0.25, 0.3) is 0 Å². The van der Waals surface area contributed by atoms with Gasteiger partial charge >= 0.3 is 5.97 Å². The van der Waals surface area contributed by atoms with Gasteiger partial charge in [-0.05, 0) is 19.1 Å². The lowest BCUT2D eigenvalue weighted by Crippen LogP contribution is -2.10. The van der Waals surface area contributed by atoms with Gasteiger partial charge in [-0.15, -0.1) is 11.3 Å². The second kappa shape index (κ2) is 5.82. The van der Waals surface area contributed by atoms with Crippen LogP contribution in [0.1, 0.15) is 28.5 Å². The number of nitrogens with one attached hydrogen (secondary N) is 1. The number of carbonyl (C=O) groups is 1. The minimum absolute atomic E-state index is 0.0138. The molecule has 2 N–H and O–H groups in total. The van der Waals surface area contributed by atoms with Crippen LogP contribution in [0.15, 0.2) is 34.5 Å². The van der Waals surface area contributed by atoms with Gasteiger partial charge in [0, 0.05) is 11.6 Å². The molecule has 21 heavy (non-hydrogen) atoms. The molecule has 0 radical (unpaired) electrons. The van der Waals surface area contributed by atoms with Crippen molar-refractivity contribution in [2.24, 2.45) is 0 Å². The summed E-state index contributed by atoms with van der Waals surface area (Å²) >= 11 is 1.21. The highest BCUT2D eigenvalue weighted by molar-refractivity contribution is 7.90. The van der Waals surface area contributed by atoms with E-state index in [4.69, 9.17) is 5.11 Å². The zero-order valence-corrected chi connectivity index (χ0v) is 13.0. The van der Waals surface area contributed by atoms with Gasteiger partial charge in [-0.2, -0.15) is 0 Å². The largest absolute Gasteiger partial charge is 0.476 e. The van der Waals surface area contributed by atoms with E-state index in [-0.39, 0.29) is 16.6 Å². The Morgan fingerprint density at radius 3 is 2.62 bits per heavy atom. The van der Waals surface area contributed by atoms with Crippen molar-refractivity contribution in [3.05, 3.63) is 40.3 Å². The van der Waals surface area contributed by atoms with E-state index in [0.29, 0.717) is 10.7 Å². The molecule has 0 aliphatic heterocycles. The molecule has 1 aromatic carbocycles. The van der Waals surface area contributed by atoms with Crippen LogP contribution < -0.4 is 5.32 Å². The normalized spacial score (nSPS) is 12.9. The molecule has 0 aliphatic carbocycles. The first-order valence-electron chi connectivity index (χ1n) is 6.03. The number of anilines is 1. The molecular formula is C13H14N2O4S2. The third-order valence-electron chi connectivity index (χ3n) is 2.77. The molecule has 0 aliphatic rings. The molecule has 8 heteroatoms. The fraction of sp³-hybridized carbons (Fsp3) is 0.231. The molecule has 0 bridgehead atoms. The topological polar surface area (TPSA) is 96.4 Å². The Kier molecular flexibility index (Phi) is 4.29. The standard InChI is InChI=1S/C13H14N2O4S2/c1-8(12-15-10(7-20-12)13(16)17)14-9-5-3-4-6-11(9)21(2,18)19/h3-8,14H,1-2H3,(H,16,17). The van der Waals surface area contributed by atoms with E-state index in [1.54, 1.807) is 25.1 Å². The molecule has 1 heterocycles. The van der Waals surface area contributed by atoms with E-state index in [0.717, 1.165) is 6.26 Å². The summed E-state index contributed by atoms with van der Waals surface area (Å²) in [6.45, 7) is 1.80. The summed E-state index contributed by atoms with van der Waals surface area (Å²) in [7, 11) is -3.34. The first kappa shape index (κ1) is 15.5. The van der Waals surface area contributed by atoms with Gasteiger partial charge in [-0.1, -0.05) is 12.1 Å². The predicted molar refractivity (Wildman–Crippen MR) is 80.7 cm³/mol. The fourth-order valence-corrected chi connectivity index (χ4v) is 3.44. The lowest BCUT2D eigenvalue weighted by atomic mass is 10.2. The summed E-state index contributed by atoms with van der Waals surface area (Å²) in [6.07, 6.45) is 1.14. The second-order valence-corrected chi connectivity index (χ2v) is 7.38. The Bertz CT molecular complexity index is 768. The van der Waals surface area contributed by atoms with Crippen LogP contribution in [0.4, 0.5) is 5.69 Å². The van der Waals surface area contributed by atoms with Crippen LogP contribution >= 0.6 is 11.3 Å². The van der Waals surface area contributed by atoms with Crippen LogP contribution in [0.2, 0.25) is 0 Å². The number of hydrogen-bond donors (Lipinski definition) is 2. The molecule has 0 saturated heterocycles. The maximum atomic E-state index is 11.7. The van der Waals surface area contributed by atoms with Crippen LogP contribution in [0, 0.1) is 0 Å². The van der Waals surface area contributed by atoms with Crippen molar-refractivity contribution in [3.8, 4) is 0 Å². The number of hydrogen-bond acceptors (Lipinski definition) is 6. The zero-order chi connectivity index (χ0) is 15.6. The summed E-state index contributed by atoms with van der Waals surface area (Å²) in [6, 6.07) is 6.27. The smallest absolute Gasteiger partial charge is 0.355 e. The Balaban J connectivity index is 2.27. The monoisotopic (exact) mass is 326 g/mol. The van der Waals surface area contributed by atoms with Gasteiger partial charge in [-0.3, -0.25) is 0 Å². The van der Waals surface area contributed by atoms with Crippen molar-refractivity contribution in [2.75, 3.05) is 11.6 Å². The Labute approximate surface area is 126 Å². The summed E-state index contributed by atoms with van der Waals surface area (Å²) in [5.41, 5.74) is 0.458. The number of carboxylic acid groups (broad SMARTS) is 1. The molecule has 2 aromatic rings. The summed E-state index contributed by atoms with van der Waals surface area (Å²) in [5.74, 6) is -1.08. The average molecular weight is 326 g/mol. The lowest BCUT2D eigenvalue weighted by molar-refractivity contribution is 0.0691. The first-order chi connectivity index (χ1) is 9.79. The van der Waals surface area contributed by atoms with Crippen LogP contribution in [-0.4, -0.2) is 30.7 Å². The summed E-state index contributed by atoms with van der Waals surface area (Å²) < 4.78 is 23.5. The Morgan fingerprint density at radius 2 is 2.05 bits per heavy atom. The van der Waals surface area contributed by atoms with E-state index >= 15 is 0 Å². The molecule has 1 atom stereocenters. The third kappa shape index (κ3) is 3.59. The molecule has 0 fully saturated rings. The average Bonchev–Trinajstić information content (AvgIpc) is 2.88. The number of sulfone groups is 1. The predicted octanol–water partition coefficient (Wildman–Crippen LogP) is 2.42. The number of carboxylic acids is 1. The van der Waals surface area contributed by atoms with E-state index in [2.05, 4.69) is 10.3 Å². The molecule has 2 rings (SSSR count). The number of aromatic nitrogens is 1. The number of thiazole rings is 1. The highest BCUT2D eigenvalue weighted by Crippen LogP contribution is 2.27. The quantitative estimate of drug-likeness (QED) is 0.876. The van der Waals surface area contributed by atoms with E-state index in [9.17, 15) is 13.2 Å². The van der Waals surface area contributed by atoms with Crippen molar-refractivity contribution in [1.82, 2.24) is 4.98 Å². The van der Waals surface area contributed by atoms with E-state index in [1.165, 1.54) is 22.8 Å². The number of benzene rings is 1. The van der Waals surface area contributed by atoms with Crippen LogP contribution in [0.5, 0.6) is 0 Å². The van der Waals surface area contributed by atoms with Crippen molar-refractivity contribution in [2.45, 2.75) is 17.9 Å². The van der Waals surface area contributed by atoms with Gasteiger partial charge in [-0.25, -0.2) is 18.2 Å². The van der Waals surface area contributed by atoms with Crippen molar-refractivity contribution in [3.63, 3.8) is 0 Å². The van der Waals surface area contributed by atoms with Crippen LogP contribution in [0.25, 0.3) is 0 Å². The molecule has 0 spiro atoms. The summed E-state index contributed by atoms with van der Waals surface area (Å²) in [4.78, 5) is 15.0. The zero-order valence-electron chi connectivity index (χ0n) is 11.4. The highest BCUT2D eigenvalue weighted by Gasteiger charge is 2.17.